The Morgan fingerprint density at radius 1 is 1.45 bits per heavy atom. The number of nitrogens with zero attached hydrogens (tertiary/aromatic N) is 2. The number of nitrogens with one attached hydrogen (secondary N) is 2. The minimum atomic E-state index is -0.342. The van der Waals surface area contributed by atoms with Crippen molar-refractivity contribution in [2.45, 2.75) is 16.5 Å². The van der Waals surface area contributed by atoms with E-state index in [2.05, 4.69) is 27.4 Å². The fraction of sp³-hybridized carbons (Fsp3) is 0.214. The van der Waals surface area contributed by atoms with Crippen LogP contribution in [0.15, 0.2) is 41.3 Å². The molecule has 0 saturated heterocycles. The smallest absolute Gasteiger partial charge is 0.237 e. The second kappa shape index (κ2) is 7.90. The van der Waals surface area contributed by atoms with Crippen LogP contribution in [-0.4, -0.2) is 27.9 Å². The monoisotopic (exact) mass is 338 g/mol. The summed E-state index contributed by atoms with van der Waals surface area (Å²) in [5.74, 6) is -0.513. The van der Waals surface area contributed by atoms with Crippen LogP contribution in [0.2, 0.25) is 0 Å². The van der Waals surface area contributed by atoms with Gasteiger partial charge in [0, 0.05) is 12.2 Å². The van der Waals surface area contributed by atoms with Crippen LogP contribution in [-0.2, 0) is 4.79 Å². The van der Waals surface area contributed by atoms with Gasteiger partial charge in [0.25, 0.3) is 0 Å². The highest BCUT2D eigenvalue weighted by molar-refractivity contribution is 8.02. The number of aromatic nitrogens is 2. The highest BCUT2D eigenvalue weighted by atomic mass is 32.2. The maximum atomic E-state index is 12.8. The van der Waals surface area contributed by atoms with Crippen molar-refractivity contribution in [1.82, 2.24) is 10.2 Å². The van der Waals surface area contributed by atoms with Crippen LogP contribution in [0, 0.1) is 5.82 Å². The molecule has 1 heterocycles. The molecule has 116 valence electrons. The van der Waals surface area contributed by atoms with Crippen molar-refractivity contribution in [3.63, 3.8) is 0 Å². The standard InChI is InChI=1S/C14H15FN4OS2/c1-3-8-16-13-18-19-14(22-13)21-9(2)12(20)17-11-6-4-10(15)5-7-11/h3-7,9H,1,8H2,2H3,(H,16,18)(H,17,20). The Labute approximate surface area is 136 Å². The topological polar surface area (TPSA) is 66.9 Å². The molecule has 0 aliphatic carbocycles. The van der Waals surface area contributed by atoms with Gasteiger partial charge in [0.15, 0.2) is 4.34 Å². The van der Waals surface area contributed by atoms with Crippen LogP contribution in [0.1, 0.15) is 6.92 Å². The van der Waals surface area contributed by atoms with Crippen molar-refractivity contribution in [1.29, 1.82) is 0 Å². The number of amides is 1. The van der Waals surface area contributed by atoms with Gasteiger partial charge in [-0.25, -0.2) is 4.39 Å². The van der Waals surface area contributed by atoms with Crippen LogP contribution < -0.4 is 10.6 Å². The van der Waals surface area contributed by atoms with Gasteiger partial charge in [-0.3, -0.25) is 4.79 Å². The molecule has 2 rings (SSSR count). The number of carbonyl (C=O) groups excluding carboxylic acids is 1. The lowest BCUT2D eigenvalue weighted by Crippen LogP contribution is -2.22. The summed E-state index contributed by atoms with van der Waals surface area (Å²) >= 11 is 2.70. The fourth-order valence-corrected chi connectivity index (χ4v) is 3.37. The lowest BCUT2D eigenvalue weighted by molar-refractivity contribution is -0.115. The van der Waals surface area contributed by atoms with Crippen LogP contribution in [0.5, 0.6) is 0 Å². The number of thioether (sulfide) groups is 1. The molecule has 0 fully saturated rings. The van der Waals surface area contributed by atoms with Crippen LogP contribution in [0.3, 0.4) is 0 Å². The van der Waals surface area contributed by atoms with E-state index in [4.69, 9.17) is 0 Å². The van der Waals surface area contributed by atoms with Crippen molar-refractivity contribution in [3.05, 3.63) is 42.7 Å². The normalized spacial score (nSPS) is 11.7. The molecule has 1 aromatic carbocycles. The summed E-state index contributed by atoms with van der Waals surface area (Å²) in [4.78, 5) is 12.1. The molecule has 1 atom stereocenters. The maximum Gasteiger partial charge on any atom is 0.237 e. The summed E-state index contributed by atoms with van der Waals surface area (Å²) in [5.41, 5.74) is 0.560. The van der Waals surface area contributed by atoms with Crippen molar-refractivity contribution in [2.24, 2.45) is 0 Å². The van der Waals surface area contributed by atoms with E-state index in [1.165, 1.54) is 47.4 Å². The molecule has 2 aromatic rings. The van der Waals surface area contributed by atoms with Crippen LogP contribution >= 0.6 is 23.1 Å². The molecule has 5 nitrogen and oxygen atoms in total. The summed E-state index contributed by atoms with van der Waals surface area (Å²) in [6.45, 7) is 6.00. The summed E-state index contributed by atoms with van der Waals surface area (Å²) < 4.78 is 13.5. The molecule has 1 aromatic heterocycles. The lowest BCUT2D eigenvalue weighted by Gasteiger charge is -2.10. The maximum absolute atomic E-state index is 12.8. The van der Waals surface area contributed by atoms with Gasteiger partial charge in [-0.15, -0.1) is 16.8 Å². The molecule has 0 aliphatic heterocycles. The van der Waals surface area contributed by atoms with Crippen molar-refractivity contribution in [3.8, 4) is 0 Å². The Hall–Kier alpha value is -1.93. The molecule has 0 spiro atoms. The minimum absolute atomic E-state index is 0.174. The predicted molar refractivity (Wildman–Crippen MR) is 88.9 cm³/mol. The predicted octanol–water partition coefficient (Wildman–Crippen LogP) is 3.39. The molecule has 1 unspecified atom stereocenters. The van der Waals surface area contributed by atoms with Gasteiger partial charge in [-0.2, -0.15) is 0 Å². The van der Waals surface area contributed by atoms with E-state index < -0.39 is 0 Å². The molecule has 0 radical (unpaired) electrons. The Morgan fingerprint density at radius 3 is 2.86 bits per heavy atom. The van der Waals surface area contributed by atoms with E-state index in [0.29, 0.717) is 21.7 Å². The number of hydrogen-bond donors (Lipinski definition) is 2. The molecule has 2 N–H and O–H groups in total. The van der Waals surface area contributed by atoms with Crippen molar-refractivity contribution >= 4 is 39.8 Å². The molecule has 0 saturated carbocycles. The summed E-state index contributed by atoms with van der Waals surface area (Å²) in [6, 6.07) is 5.64. The fourth-order valence-electron chi connectivity index (χ4n) is 1.47. The number of halogens is 1. The number of anilines is 2. The summed E-state index contributed by atoms with van der Waals surface area (Å²) in [5, 5.41) is 14.1. The molecule has 1 amide bonds. The third kappa shape index (κ3) is 4.81. The Morgan fingerprint density at radius 2 is 2.18 bits per heavy atom. The second-order valence-corrected chi connectivity index (χ2v) is 6.86. The average Bonchev–Trinajstić information content (AvgIpc) is 2.95. The Kier molecular flexibility index (Phi) is 5.91. The molecule has 8 heteroatoms. The van der Waals surface area contributed by atoms with Crippen molar-refractivity contribution in [2.75, 3.05) is 17.2 Å². The number of hydrogen-bond acceptors (Lipinski definition) is 6. The third-order valence-corrected chi connectivity index (χ3v) is 4.63. The first-order valence-corrected chi connectivity index (χ1v) is 8.19. The first-order valence-electron chi connectivity index (χ1n) is 6.50. The molecule has 0 bridgehead atoms. The average molecular weight is 338 g/mol. The highest BCUT2D eigenvalue weighted by Crippen LogP contribution is 2.29. The molecule has 0 aliphatic rings. The minimum Gasteiger partial charge on any atom is -0.357 e. The first kappa shape index (κ1) is 16.4. The molecular weight excluding hydrogens is 323 g/mol. The Balaban J connectivity index is 1.89. The van der Waals surface area contributed by atoms with E-state index in [-0.39, 0.29) is 17.0 Å². The van der Waals surface area contributed by atoms with Gasteiger partial charge in [-0.05, 0) is 31.2 Å². The number of rotatable bonds is 7. The zero-order chi connectivity index (χ0) is 15.9. The van der Waals surface area contributed by atoms with E-state index in [9.17, 15) is 9.18 Å². The molecule has 22 heavy (non-hydrogen) atoms. The van der Waals surface area contributed by atoms with Crippen LogP contribution in [0.4, 0.5) is 15.2 Å². The van der Waals surface area contributed by atoms with E-state index in [1.54, 1.807) is 13.0 Å². The van der Waals surface area contributed by atoms with Gasteiger partial charge in [0.1, 0.15) is 5.82 Å². The van der Waals surface area contributed by atoms with E-state index in [0.717, 1.165) is 0 Å². The van der Waals surface area contributed by atoms with Gasteiger partial charge in [-0.1, -0.05) is 29.2 Å². The van der Waals surface area contributed by atoms with E-state index >= 15 is 0 Å². The highest BCUT2D eigenvalue weighted by Gasteiger charge is 2.17. The lowest BCUT2D eigenvalue weighted by atomic mass is 10.3. The van der Waals surface area contributed by atoms with E-state index in [1.807, 2.05) is 0 Å². The number of benzene rings is 1. The van der Waals surface area contributed by atoms with Crippen LogP contribution in [0.25, 0.3) is 0 Å². The SMILES string of the molecule is C=CCNc1nnc(SC(C)C(=O)Nc2ccc(F)cc2)s1. The zero-order valence-corrected chi connectivity index (χ0v) is 13.5. The summed E-state index contributed by atoms with van der Waals surface area (Å²) in [6.07, 6.45) is 1.73. The van der Waals surface area contributed by atoms with Gasteiger partial charge in [0.2, 0.25) is 11.0 Å². The summed E-state index contributed by atoms with van der Waals surface area (Å²) in [7, 11) is 0. The molecular formula is C14H15FN4OS2. The quantitative estimate of drug-likeness (QED) is 0.598. The van der Waals surface area contributed by atoms with Crippen molar-refractivity contribution < 1.29 is 9.18 Å². The first-order chi connectivity index (χ1) is 10.6. The largest absolute Gasteiger partial charge is 0.357 e. The van der Waals surface area contributed by atoms with Gasteiger partial charge >= 0.3 is 0 Å². The zero-order valence-electron chi connectivity index (χ0n) is 11.9. The third-order valence-electron chi connectivity index (χ3n) is 2.56. The Bertz CT molecular complexity index is 645. The van der Waals surface area contributed by atoms with Gasteiger partial charge < -0.3 is 10.6 Å². The van der Waals surface area contributed by atoms with Gasteiger partial charge in [0.05, 0.1) is 5.25 Å². The number of carbonyl (C=O) groups is 1. The second-order valence-electron chi connectivity index (χ2n) is 4.30.